The maximum absolute atomic E-state index is 11.9. The van der Waals surface area contributed by atoms with Gasteiger partial charge in [0.05, 0.1) is 11.0 Å². The van der Waals surface area contributed by atoms with Gasteiger partial charge in [-0.15, -0.1) is 0 Å². The number of rotatable bonds is 5. The van der Waals surface area contributed by atoms with Crippen LogP contribution in [-0.4, -0.2) is 35.5 Å². The summed E-state index contributed by atoms with van der Waals surface area (Å²) in [7, 11) is 0. The van der Waals surface area contributed by atoms with Crippen molar-refractivity contribution in [3.8, 4) is 0 Å². The first-order chi connectivity index (χ1) is 10.7. The predicted octanol–water partition coefficient (Wildman–Crippen LogP) is 1.84. The number of hydrogen-bond donors (Lipinski definition) is 3. The molecule has 0 saturated heterocycles. The molecule has 0 aliphatic carbocycles. The summed E-state index contributed by atoms with van der Waals surface area (Å²) in [6, 6.07) is 6.08. The molecule has 0 radical (unpaired) electrons. The zero-order chi connectivity index (χ0) is 15.4. The van der Waals surface area contributed by atoms with Gasteiger partial charge in [0, 0.05) is 25.9 Å². The summed E-state index contributed by atoms with van der Waals surface area (Å²) in [4.78, 5) is 19.8. The molecule has 0 unspecified atom stereocenters. The second-order valence-electron chi connectivity index (χ2n) is 5.75. The highest BCUT2D eigenvalue weighted by molar-refractivity contribution is 5.79. The van der Waals surface area contributed by atoms with Crippen LogP contribution in [0.25, 0.3) is 11.0 Å². The van der Waals surface area contributed by atoms with Crippen molar-refractivity contribution in [1.29, 1.82) is 0 Å². The number of carbonyl (C=O) groups excluding carboxylic acids is 1. The fourth-order valence-corrected chi connectivity index (χ4v) is 2.71. The Balaban J connectivity index is 1.51. The third-order valence-corrected chi connectivity index (χ3v) is 4.02. The minimum atomic E-state index is 0.0802. The largest absolute Gasteiger partial charge is 0.352 e. The third kappa shape index (κ3) is 3.54. The van der Waals surface area contributed by atoms with Crippen LogP contribution in [0.4, 0.5) is 0 Å². The van der Waals surface area contributed by atoms with E-state index in [1.807, 2.05) is 25.1 Å². The van der Waals surface area contributed by atoms with Gasteiger partial charge in [-0.05, 0) is 31.5 Å². The van der Waals surface area contributed by atoms with Gasteiger partial charge in [0.25, 0.3) is 0 Å². The molecule has 3 rings (SSSR count). The molecule has 0 spiro atoms. The normalized spacial score (nSPS) is 14.9. The van der Waals surface area contributed by atoms with E-state index < -0.39 is 0 Å². The molecular weight excluding hydrogens is 276 g/mol. The Morgan fingerprint density at radius 2 is 2.32 bits per heavy atom. The zero-order valence-electron chi connectivity index (χ0n) is 12.9. The predicted molar refractivity (Wildman–Crippen MR) is 87.7 cm³/mol. The lowest BCUT2D eigenvalue weighted by Gasteiger charge is -2.14. The Labute approximate surface area is 130 Å². The SMILES string of the molecule is Cc1cccc2[nH]c(CCC(=O)NCC3=CCNCC3)nc12. The fourth-order valence-electron chi connectivity index (χ4n) is 2.71. The number of imidazole rings is 1. The van der Waals surface area contributed by atoms with Crippen LogP contribution in [-0.2, 0) is 11.2 Å². The fraction of sp³-hybridized carbons (Fsp3) is 0.412. The van der Waals surface area contributed by atoms with Crippen LogP contribution >= 0.6 is 0 Å². The molecule has 1 aromatic carbocycles. The van der Waals surface area contributed by atoms with Crippen LogP contribution < -0.4 is 10.6 Å². The number of carbonyl (C=O) groups is 1. The maximum atomic E-state index is 11.9. The lowest BCUT2D eigenvalue weighted by Crippen LogP contribution is -2.29. The summed E-state index contributed by atoms with van der Waals surface area (Å²) >= 11 is 0. The number of nitrogens with one attached hydrogen (secondary N) is 3. The maximum Gasteiger partial charge on any atom is 0.220 e. The number of aryl methyl sites for hydroxylation is 2. The molecule has 1 aromatic heterocycles. The van der Waals surface area contributed by atoms with E-state index >= 15 is 0 Å². The summed E-state index contributed by atoms with van der Waals surface area (Å²) in [5.74, 6) is 0.956. The van der Waals surface area contributed by atoms with E-state index in [1.165, 1.54) is 5.57 Å². The Bertz CT molecular complexity index is 702. The van der Waals surface area contributed by atoms with Gasteiger partial charge in [-0.3, -0.25) is 4.79 Å². The summed E-state index contributed by atoms with van der Waals surface area (Å²) < 4.78 is 0. The zero-order valence-corrected chi connectivity index (χ0v) is 12.9. The second-order valence-corrected chi connectivity index (χ2v) is 5.75. The molecule has 22 heavy (non-hydrogen) atoms. The van der Waals surface area contributed by atoms with Gasteiger partial charge in [0.2, 0.25) is 5.91 Å². The highest BCUT2D eigenvalue weighted by Gasteiger charge is 2.09. The number of fused-ring (bicyclic) bond motifs is 1. The van der Waals surface area contributed by atoms with E-state index in [-0.39, 0.29) is 5.91 Å². The second kappa shape index (κ2) is 6.75. The average Bonchev–Trinajstić information content (AvgIpc) is 2.96. The minimum absolute atomic E-state index is 0.0802. The molecule has 0 atom stereocenters. The van der Waals surface area contributed by atoms with Crippen LogP contribution in [0.15, 0.2) is 29.8 Å². The van der Waals surface area contributed by atoms with Gasteiger partial charge < -0.3 is 15.6 Å². The number of hydrogen-bond acceptors (Lipinski definition) is 3. The number of H-pyrrole nitrogens is 1. The molecule has 1 amide bonds. The Morgan fingerprint density at radius 3 is 3.09 bits per heavy atom. The van der Waals surface area contributed by atoms with E-state index in [1.54, 1.807) is 0 Å². The average molecular weight is 298 g/mol. The molecule has 1 aliphatic rings. The number of amides is 1. The number of benzene rings is 1. The van der Waals surface area contributed by atoms with Crippen molar-refractivity contribution in [3.05, 3.63) is 41.2 Å². The monoisotopic (exact) mass is 298 g/mol. The first-order valence-electron chi connectivity index (χ1n) is 7.82. The molecule has 2 aromatic rings. The number of aromatic nitrogens is 2. The van der Waals surface area contributed by atoms with Crippen molar-refractivity contribution in [3.63, 3.8) is 0 Å². The first kappa shape index (κ1) is 14.8. The van der Waals surface area contributed by atoms with Crippen LogP contribution in [0.5, 0.6) is 0 Å². The summed E-state index contributed by atoms with van der Waals surface area (Å²) in [6.45, 7) is 4.62. The Morgan fingerprint density at radius 1 is 1.41 bits per heavy atom. The van der Waals surface area contributed by atoms with Gasteiger partial charge in [-0.25, -0.2) is 4.98 Å². The van der Waals surface area contributed by atoms with E-state index in [0.29, 0.717) is 19.4 Å². The van der Waals surface area contributed by atoms with E-state index in [0.717, 1.165) is 41.9 Å². The number of nitrogens with zero attached hydrogens (tertiary/aromatic N) is 1. The lowest BCUT2D eigenvalue weighted by atomic mass is 10.1. The lowest BCUT2D eigenvalue weighted by molar-refractivity contribution is -0.120. The van der Waals surface area contributed by atoms with Crippen molar-refractivity contribution < 1.29 is 4.79 Å². The smallest absolute Gasteiger partial charge is 0.220 e. The molecule has 2 heterocycles. The quantitative estimate of drug-likeness (QED) is 0.738. The topological polar surface area (TPSA) is 69.8 Å². The van der Waals surface area contributed by atoms with Gasteiger partial charge in [0.1, 0.15) is 5.82 Å². The van der Waals surface area contributed by atoms with Gasteiger partial charge in [-0.1, -0.05) is 23.8 Å². The minimum Gasteiger partial charge on any atom is -0.352 e. The van der Waals surface area contributed by atoms with Crippen molar-refractivity contribution in [2.45, 2.75) is 26.2 Å². The van der Waals surface area contributed by atoms with Crippen molar-refractivity contribution in [2.75, 3.05) is 19.6 Å². The third-order valence-electron chi connectivity index (χ3n) is 4.02. The molecular formula is C17H22N4O. The summed E-state index contributed by atoms with van der Waals surface area (Å²) in [6.07, 6.45) is 4.28. The molecule has 1 aliphatic heterocycles. The van der Waals surface area contributed by atoms with Gasteiger partial charge in [0.15, 0.2) is 0 Å². The van der Waals surface area contributed by atoms with Crippen LogP contribution in [0, 0.1) is 6.92 Å². The summed E-state index contributed by atoms with van der Waals surface area (Å²) in [5, 5.41) is 6.26. The molecule has 0 bridgehead atoms. The molecule has 5 heteroatoms. The summed E-state index contributed by atoms with van der Waals surface area (Å²) in [5.41, 5.74) is 4.50. The van der Waals surface area contributed by atoms with E-state index in [4.69, 9.17) is 0 Å². The van der Waals surface area contributed by atoms with Gasteiger partial charge in [-0.2, -0.15) is 0 Å². The van der Waals surface area contributed by atoms with Crippen molar-refractivity contribution in [2.24, 2.45) is 0 Å². The first-order valence-corrected chi connectivity index (χ1v) is 7.82. The van der Waals surface area contributed by atoms with Gasteiger partial charge >= 0.3 is 0 Å². The van der Waals surface area contributed by atoms with Crippen molar-refractivity contribution in [1.82, 2.24) is 20.6 Å². The molecule has 5 nitrogen and oxygen atoms in total. The highest BCUT2D eigenvalue weighted by atomic mass is 16.1. The molecule has 116 valence electrons. The standard InChI is InChI=1S/C17H22N4O/c1-12-3-2-4-14-17(12)21-15(20-14)5-6-16(22)19-11-13-7-9-18-10-8-13/h2-4,7,18H,5-6,8-11H2,1H3,(H,19,22)(H,20,21). The van der Waals surface area contributed by atoms with Crippen LogP contribution in [0.2, 0.25) is 0 Å². The van der Waals surface area contributed by atoms with Crippen molar-refractivity contribution >= 4 is 16.9 Å². The molecule has 0 fully saturated rings. The highest BCUT2D eigenvalue weighted by Crippen LogP contribution is 2.16. The van der Waals surface area contributed by atoms with Crippen LogP contribution in [0.1, 0.15) is 24.2 Å². The number of aromatic amines is 1. The van der Waals surface area contributed by atoms with Crippen LogP contribution in [0.3, 0.4) is 0 Å². The van der Waals surface area contributed by atoms with E-state index in [2.05, 4.69) is 26.7 Å². The number of para-hydroxylation sites is 1. The molecule has 0 saturated carbocycles. The molecule has 3 N–H and O–H groups in total. The Kier molecular flexibility index (Phi) is 4.53. The Hall–Kier alpha value is -2.14. The van der Waals surface area contributed by atoms with E-state index in [9.17, 15) is 4.79 Å².